The van der Waals surface area contributed by atoms with Crippen molar-refractivity contribution in [2.45, 2.75) is 37.0 Å². The molecule has 1 fully saturated rings. The molecule has 17 heavy (non-hydrogen) atoms. The molecule has 1 aromatic rings. The molecule has 1 aromatic heterocycles. The average molecular weight is 334 g/mol. The van der Waals surface area contributed by atoms with Crippen molar-refractivity contribution in [3.63, 3.8) is 0 Å². The van der Waals surface area contributed by atoms with E-state index in [1.54, 1.807) is 0 Å². The SMILES string of the molecule is CS[C@@H]1CCCC[C@H]1NC(=O)c1sccc1Br. The third-order valence-corrected chi connectivity index (χ3v) is 6.15. The zero-order valence-electron chi connectivity index (χ0n) is 9.74. The second-order valence-electron chi connectivity index (χ2n) is 4.24. The monoisotopic (exact) mass is 333 g/mol. The molecule has 1 aliphatic carbocycles. The summed E-state index contributed by atoms with van der Waals surface area (Å²) in [5.41, 5.74) is 0. The predicted octanol–water partition coefficient (Wildman–Crippen LogP) is 3.91. The highest BCUT2D eigenvalue weighted by Gasteiger charge is 2.26. The Morgan fingerprint density at radius 3 is 2.94 bits per heavy atom. The lowest BCUT2D eigenvalue weighted by atomic mass is 9.95. The molecule has 5 heteroatoms. The minimum Gasteiger partial charge on any atom is -0.347 e. The molecule has 1 heterocycles. The van der Waals surface area contributed by atoms with Crippen molar-refractivity contribution in [2.75, 3.05) is 6.26 Å². The number of thioether (sulfide) groups is 1. The van der Waals surface area contributed by atoms with Crippen LogP contribution in [0.15, 0.2) is 15.9 Å². The van der Waals surface area contributed by atoms with Crippen LogP contribution >= 0.6 is 39.0 Å². The molecule has 1 N–H and O–H groups in total. The number of halogens is 1. The van der Waals surface area contributed by atoms with Gasteiger partial charge < -0.3 is 5.32 Å². The summed E-state index contributed by atoms with van der Waals surface area (Å²) in [4.78, 5) is 12.9. The first-order chi connectivity index (χ1) is 8.22. The highest BCUT2D eigenvalue weighted by atomic mass is 79.9. The van der Waals surface area contributed by atoms with E-state index in [0.717, 1.165) is 15.8 Å². The topological polar surface area (TPSA) is 29.1 Å². The normalized spacial score (nSPS) is 24.6. The van der Waals surface area contributed by atoms with Crippen LogP contribution in [0.1, 0.15) is 35.4 Å². The molecule has 0 unspecified atom stereocenters. The predicted molar refractivity (Wildman–Crippen MR) is 79.0 cm³/mol. The van der Waals surface area contributed by atoms with E-state index in [4.69, 9.17) is 0 Å². The number of carbonyl (C=O) groups excluding carboxylic acids is 1. The molecule has 0 bridgehead atoms. The molecule has 0 spiro atoms. The Hall–Kier alpha value is -0.000000000000000111. The van der Waals surface area contributed by atoms with E-state index in [-0.39, 0.29) is 5.91 Å². The van der Waals surface area contributed by atoms with Gasteiger partial charge in [-0.05, 0) is 46.5 Å². The van der Waals surface area contributed by atoms with Gasteiger partial charge in [0.1, 0.15) is 4.88 Å². The van der Waals surface area contributed by atoms with Crippen LogP contribution < -0.4 is 5.32 Å². The van der Waals surface area contributed by atoms with Gasteiger partial charge in [0.15, 0.2) is 0 Å². The largest absolute Gasteiger partial charge is 0.347 e. The van der Waals surface area contributed by atoms with Gasteiger partial charge in [-0.25, -0.2) is 0 Å². The zero-order chi connectivity index (χ0) is 12.3. The fourth-order valence-electron chi connectivity index (χ4n) is 2.23. The third-order valence-electron chi connectivity index (χ3n) is 3.15. The van der Waals surface area contributed by atoms with Crippen LogP contribution in [0.2, 0.25) is 0 Å². The fraction of sp³-hybridized carbons (Fsp3) is 0.583. The van der Waals surface area contributed by atoms with Crippen molar-refractivity contribution in [1.82, 2.24) is 5.32 Å². The van der Waals surface area contributed by atoms with Crippen LogP contribution in [-0.4, -0.2) is 23.5 Å². The molecule has 94 valence electrons. The number of hydrogen-bond donors (Lipinski definition) is 1. The van der Waals surface area contributed by atoms with Crippen molar-refractivity contribution in [3.05, 3.63) is 20.8 Å². The maximum Gasteiger partial charge on any atom is 0.262 e. The van der Waals surface area contributed by atoms with Gasteiger partial charge in [0.2, 0.25) is 0 Å². The third kappa shape index (κ3) is 3.26. The molecular formula is C12H16BrNOS2. The fourth-order valence-corrected chi connectivity index (χ4v) is 4.62. The van der Waals surface area contributed by atoms with E-state index in [1.807, 2.05) is 23.2 Å². The van der Waals surface area contributed by atoms with Crippen LogP contribution in [-0.2, 0) is 0 Å². The molecule has 1 amide bonds. The molecule has 0 aromatic carbocycles. The lowest BCUT2D eigenvalue weighted by Crippen LogP contribution is -2.43. The van der Waals surface area contributed by atoms with Gasteiger partial charge in [-0.15, -0.1) is 11.3 Å². The molecule has 0 radical (unpaired) electrons. The van der Waals surface area contributed by atoms with Crippen molar-refractivity contribution < 1.29 is 4.79 Å². The molecule has 2 atom stereocenters. The quantitative estimate of drug-likeness (QED) is 0.908. The highest BCUT2D eigenvalue weighted by molar-refractivity contribution is 9.10. The Morgan fingerprint density at radius 2 is 2.29 bits per heavy atom. The van der Waals surface area contributed by atoms with Crippen LogP contribution in [0.25, 0.3) is 0 Å². The van der Waals surface area contributed by atoms with E-state index in [0.29, 0.717) is 11.3 Å². The molecule has 0 aliphatic heterocycles. The summed E-state index contributed by atoms with van der Waals surface area (Å²) in [6, 6.07) is 2.26. The van der Waals surface area contributed by atoms with Gasteiger partial charge >= 0.3 is 0 Å². The summed E-state index contributed by atoms with van der Waals surface area (Å²) in [5, 5.41) is 5.70. The van der Waals surface area contributed by atoms with E-state index in [1.165, 1.54) is 30.6 Å². The van der Waals surface area contributed by atoms with Crippen molar-refractivity contribution >= 4 is 44.9 Å². The Morgan fingerprint density at radius 1 is 1.53 bits per heavy atom. The standard InChI is InChI=1S/C12H16BrNOS2/c1-16-10-5-3-2-4-9(10)14-12(15)11-8(13)6-7-17-11/h6-7,9-10H,2-5H2,1H3,(H,14,15)/t9-,10-/m1/s1. The molecule has 2 rings (SSSR count). The number of rotatable bonds is 3. The van der Waals surface area contributed by atoms with Crippen LogP contribution in [0.3, 0.4) is 0 Å². The first-order valence-electron chi connectivity index (χ1n) is 5.79. The van der Waals surface area contributed by atoms with Gasteiger partial charge in [0.05, 0.1) is 0 Å². The number of nitrogens with one attached hydrogen (secondary N) is 1. The Labute approximate surface area is 119 Å². The van der Waals surface area contributed by atoms with Gasteiger partial charge in [0.25, 0.3) is 5.91 Å². The van der Waals surface area contributed by atoms with Gasteiger partial charge in [-0.2, -0.15) is 11.8 Å². The highest BCUT2D eigenvalue weighted by Crippen LogP contribution is 2.28. The number of amides is 1. The van der Waals surface area contributed by atoms with Gasteiger partial charge in [0, 0.05) is 15.8 Å². The van der Waals surface area contributed by atoms with E-state index in [9.17, 15) is 4.79 Å². The molecule has 2 nitrogen and oxygen atoms in total. The van der Waals surface area contributed by atoms with Crippen molar-refractivity contribution in [3.8, 4) is 0 Å². The molecule has 1 aliphatic rings. The Balaban J connectivity index is 2.00. The first kappa shape index (κ1) is 13.4. The smallest absolute Gasteiger partial charge is 0.262 e. The van der Waals surface area contributed by atoms with Crippen LogP contribution in [0, 0.1) is 0 Å². The Kier molecular flexibility index (Phi) is 4.94. The Bertz CT molecular complexity index is 394. The second-order valence-corrected chi connectivity index (χ2v) is 7.08. The van der Waals surface area contributed by atoms with E-state index < -0.39 is 0 Å². The zero-order valence-corrected chi connectivity index (χ0v) is 13.0. The minimum absolute atomic E-state index is 0.0674. The molecular weight excluding hydrogens is 318 g/mol. The lowest BCUT2D eigenvalue weighted by molar-refractivity contribution is 0.0933. The molecule has 0 saturated heterocycles. The maximum absolute atomic E-state index is 12.1. The van der Waals surface area contributed by atoms with Crippen LogP contribution in [0.5, 0.6) is 0 Å². The van der Waals surface area contributed by atoms with Crippen molar-refractivity contribution in [1.29, 1.82) is 0 Å². The minimum atomic E-state index is 0.0674. The van der Waals surface area contributed by atoms with Gasteiger partial charge in [-0.3, -0.25) is 4.79 Å². The summed E-state index contributed by atoms with van der Waals surface area (Å²) in [5.74, 6) is 0.0674. The number of thiophene rings is 1. The first-order valence-corrected chi connectivity index (χ1v) is 8.75. The van der Waals surface area contributed by atoms with Crippen molar-refractivity contribution in [2.24, 2.45) is 0 Å². The number of carbonyl (C=O) groups is 1. The van der Waals surface area contributed by atoms with E-state index in [2.05, 4.69) is 27.5 Å². The van der Waals surface area contributed by atoms with E-state index >= 15 is 0 Å². The molecule has 1 saturated carbocycles. The second kappa shape index (κ2) is 6.25. The van der Waals surface area contributed by atoms with Crippen LogP contribution in [0.4, 0.5) is 0 Å². The average Bonchev–Trinajstić information content (AvgIpc) is 2.76. The summed E-state index contributed by atoms with van der Waals surface area (Å²) in [7, 11) is 0. The summed E-state index contributed by atoms with van der Waals surface area (Å²) in [6.45, 7) is 0. The summed E-state index contributed by atoms with van der Waals surface area (Å²) < 4.78 is 0.900. The lowest BCUT2D eigenvalue weighted by Gasteiger charge is -2.30. The maximum atomic E-state index is 12.1. The summed E-state index contributed by atoms with van der Waals surface area (Å²) in [6.07, 6.45) is 6.99. The number of hydrogen-bond acceptors (Lipinski definition) is 3. The van der Waals surface area contributed by atoms with Gasteiger partial charge in [-0.1, -0.05) is 12.8 Å². The summed E-state index contributed by atoms with van der Waals surface area (Å²) >= 11 is 6.77.